The van der Waals surface area contributed by atoms with Crippen molar-refractivity contribution in [2.75, 3.05) is 6.61 Å². The number of carboxylic acid groups (broad SMARTS) is 1. The van der Waals surface area contributed by atoms with E-state index >= 15 is 0 Å². The van der Waals surface area contributed by atoms with Gasteiger partial charge in [0.1, 0.15) is 6.61 Å². The summed E-state index contributed by atoms with van der Waals surface area (Å²) in [6.45, 7) is 8.77. The molecule has 2 aliphatic carbocycles. The van der Waals surface area contributed by atoms with Gasteiger partial charge in [-0.05, 0) is 43.1 Å². The number of carboxylic acids is 1. The number of fused-ring (bicyclic) bond motifs is 1. The van der Waals surface area contributed by atoms with Gasteiger partial charge in [-0.1, -0.05) is 33.1 Å². The first-order valence-electron chi connectivity index (χ1n) is 7.73. The van der Waals surface area contributed by atoms with Gasteiger partial charge in [0.05, 0.1) is 6.10 Å². The second-order valence-corrected chi connectivity index (χ2v) is 7.41. The van der Waals surface area contributed by atoms with E-state index in [1.165, 1.54) is 0 Å². The van der Waals surface area contributed by atoms with Gasteiger partial charge in [-0.3, -0.25) is 0 Å². The zero-order valence-corrected chi connectivity index (χ0v) is 13.5. The van der Waals surface area contributed by atoms with E-state index in [-0.39, 0.29) is 23.5 Å². The van der Waals surface area contributed by atoms with Crippen molar-refractivity contribution in [1.29, 1.82) is 0 Å². The Bertz CT molecular complexity index is 509. The monoisotopic (exact) mass is 290 g/mol. The van der Waals surface area contributed by atoms with Crippen LogP contribution >= 0.6 is 0 Å². The van der Waals surface area contributed by atoms with Crippen LogP contribution in [0.25, 0.3) is 0 Å². The van der Waals surface area contributed by atoms with Gasteiger partial charge in [-0.25, -0.2) is 4.79 Å². The summed E-state index contributed by atoms with van der Waals surface area (Å²) in [6.07, 6.45) is 9.16. The molecule has 1 N–H and O–H groups in total. The molecule has 0 aliphatic heterocycles. The Hall–Kier alpha value is -1.27. The minimum atomic E-state index is -0.799. The van der Waals surface area contributed by atoms with Crippen molar-refractivity contribution in [3.8, 4) is 12.3 Å². The number of terminal acetylenes is 1. The zero-order valence-electron chi connectivity index (χ0n) is 13.5. The van der Waals surface area contributed by atoms with Crippen LogP contribution in [-0.4, -0.2) is 23.8 Å². The van der Waals surface area contributed by atoms with Crippen molar-refractivity contribution in [3.05, 3.63) is 11.1 Å². The van der Waals surface area contributed by atoms with Crippen molar-refractivity contribution in [1.82, 2.24) is 0 Å². The lowest BCUT2D eigenvalue weighted by atomic mass is 9.50. The Morgan fingerprint density at radius 3 is 2.67 bits per heavy atom. The highest BCUT2D eigenvalue weighted by Crippen LogP contribution is 2.59. The zero-order chi connectivity index (χ0) is 15.8. The number of aliphatic carboxylic acids is 1. The van der Waals surface area contributed by atoms with E-state index in [2.05, 4.69) is 26.7 Å². The SMILES string of the molecule is C#CCO[C@@H]1C[C@H]2C(C)(C)CCC[C@]2(C)C(C(=O)O)=C1C. The van der Waals surface area contributed by atoms with Crippen LogP contribution in [0.2, 0.25) is 0 Å². The topological polar surface area (TPSA) is 46.5 Å². The molecule has 21 heavy (non-hydrogen) atoms. The third-order valence-electron chi connectivity index (χ3n) is 5.71. The second-order valence-electron chi connectivity index (χ2n) is 7.41. The maximum absolute atomic E-state index is 11.9. The molecule has 0 amide bonds. The summed E-state index contributed by atoms with van der Waals surface area (Å²) >= 11 is 0. The number of ether oxygens (including phenoxy) is 1. The van der Waals surface area contributed by atoms with E-state index in [1.807, 2.05) is 6.92 Å². The van der Waals surface area contributed by atoms with Gasteiger partial charge in [0.15, 0.2) is 0 Å². The van der Waals surface area contributed by atoms with Gasteiger partial charge in [0.25, 0.3) is 0 Å². The highest BCUT2D eigenvalue weighted by Gasteiger charge is 2.54. The molecule has 1 fully saturated rings. The lowest BCUT2D eigenvalue weighted by Crippen LogP contribution is -2.50. The van der Waals surface area contributed by atoms with Gasteiger partial charge in [0.2, 0.25) is 0 Å². The Morgan fingerprint density at radius 2 is 2.10 bits per heavy atom. The van der Waals surface area contributed by atoms with Gasteiger partial charge >= 0.3 is 5.97 Å². The molecule has 2 aliphatic rings. The average molecular weight is 290 g/mol. The Kier molecular flexibility index (Phi) is 4.22. The van der Waals surface area contributed by atoms with E-state index in [0.29, 0.717) is 11.5 Å². The fourth-order valence-corrected chi connectivity index (χ4v) is 4.76. The molecule has 0 heterocycles. The molecule has 2 rings (SSSR count). The van der Waals surface area contributed by atoms with Crippen molar-refractivity contribution in [3.63, 3.8) is 0 Å². The Labute approximate surface area is 127 Å². The number of hydrogen-bond donors (Lipinski definition) is 1. The summed E-state index contributed by atoms with van der Waals surface area (Å²) < 4.78 is 5.75. The van der Waals surface area contributed by atoms with E-state index in [0.717, 1.165) is 31.3 Å². The van der Waals surface area contributed by atoms with Crippen molar-refractivity contribution in [2.24, 2.45) is 16.7 Å². The first-order chi connectivity index (χ1) is 9.74. The maximum Gasteiger partial charge on any atom is 0.332 e. The molecule has 116 valence electrons. The van der Waals surface area contributed by atoms with Crippen LogP contribution in [0.5, 0.6) is 0 Å². The molecule has 0 aromatic rings. The smallest absolute Gasteiger partial charge is 0.332 e. The molecular formula is C18H26O3. The molecule has 3 atom stereocenters. The quantitative estimate of drug-likeness (QED) is 0.807. The molecule has 0 aromatic heterocycles. The van der Waals surface area contributed by atoms with Crippen molar-refractivity contribution >= 4 is 5.97 Å². The van der Waals surface area contributed by atoms with E-state index in [4.69, 9.17) is 11.2 Å². The fourth-order valence-electron chi connectivity index (χ4n) is 4.76. The van der Waals surface area contributed by atoms with Crippen LogP contribution in [0.4, 0.5) is 0 Å². The molecule has 0 saturated heterocycles. The molecule has 3 heteroatoms. The first kappa shape index (κ1) is 16.1. The third-order valence-corrected chi connectivity index (χ3v) is 5.71. The summed E-state index contributed by atoms with van der Waals surface area (Å²) in [5.74, 6) is 2.01. The molecule has 0 unspecified atom stereocenters. The summed E-state index contributed by atoms with van der Waals surface area (Å²) in [6, 6.07) is 0. The predicted molar refractivity (Wildman–Crippen MR) is 82.8 cm³/mol. The van der Waals surface area contributed by atoms with Crippen LogP contribution < -0.4 is 0 Å². The van der Waals surface area contributed by atoms with Crippen LogP contribution in [0.1, 0.15) is 53.4 Å². The highest BCUT2D eigenvalue weighted by molar-refractivity contribution is 5.89. The average Bonchev–Trinajstić information content (AvgIpc) is 2.35. The summed E-state index contributed by atoms with van der Waals surface area (Å²) in [5.41, 5.74) is 1.29. The van der Waals surface area contributed by atoms with Gasteiger partial charge in [-0.2, -0.15) is 0 Å². The van der Waals surface area contributed by atoms with Crippen molar-refractivity contribution in [2.45, 2.75) is 59.5 Å². The fraction of sp³-hybridized carbons (Fsp3) is 0.722. The summed E-state index contributed by atoms with van der Waals surface area (Å²) in [5, 5.41) is 9.77. The van der Waals surface area contributed by atoms with Gasteiger partial charge < -0.3 is 9.84 Å². The minimum Gasteiger partial charge on any atom is -0.478 e. The molecule has 3 nitrogen and oxygen atoms in total. The van der Waals surface area contributed by atoms with Crippen molar-refractivity contribution < 1.29 is 14.6 Å². The van der Waals surface area contributed by atoms with Gasteiger partial charge in [-0.15, -0.1) is 6.42 Å². The third kappa shape index (κ3) is 2.62. The van der Waals surface area contributed by atoms with Crippen LogP contribution in [-0.2, 0) is 9.53 Å². The van der Waals surface area contributed by atoms with E-state index < -0.39 is 5.97 Å². The number of hydrogen-bond acceptors (Lipinski definition) is 2. The van der Waals surface area contributed by atoms with E-state index in [1.54, 1.807) is 0 Å². The highest BCUT2D eigenvalue weighted by atomic mass is 16.5. The second kappa shape index (κ2) is 5.50. The predicted octanol–water partition coefficient (Wildman–Crippen LogP) is 3.64. The van der Waals surface area contributed by atoms with Crippen LogP contribution in [0.15, 0.2) is 11.1 Å². The van der Waals surface area contributed by atoms with Crippen LogP contribution in [0, 0.1) is 29.1 Å². The number of carbonyl (C=O) groups is 1. The van der Waals surface area contributed by atoms with Crippen LogP contribution in [0.3, 0.4) is 0 Å². The number of rotatable bonds is 3. The normalized spacial score (nSPS) is 35.0. The molecule has 0 aromatic carbocycles. The lowest BCUT2D eigenvalue weighted by Gasteiger charge is -2.55. The van der Waals surface area contributed by atoms with E-state index in [9.17, 15) is 9.90 Å². The maximum atomic E-state index is 11.9. The molecule has 0 spiro atoms. The lowest BCUT2D eigenvalue weighted by molar-refractivity contribution is -0.137. The Balaban J connectivity index is 2.50. The summed E-state index contributed by atoms with van der Waals surface area (Å²) in [7, 11) is 0. The first-order valence-corrected chi connectivity index (χ1v) is 7.73. The molecule has 1 saturated carbocycles. The largest absolute Gasteiger partial charge is 0.478 e. The minimum absolute atomic E-state index is 0.131. The summed E-state index contributed by atoms with van der Waals surface area (Å²) in [4.78, 5) is 11.9. The standard InChI is InChI=1S/C18H26O3/c1-6-10-21-13-11-14-17(3,4)8-7-9-18(14,5)15(12(13)2)16(19)20/h1,13-14H,7-11H2,2-5H3,(H,19,20)/t13-,14+,18+/m1/s1. The van der Waals surface area contributed by atoms with Gasteiger partial charge in [0, 0.05) is 11.0 Å². The Morgan fingerprint density at radius 1 is 1.43 bits per heavy atom. The molecule has 0 radical (unpaired) electrons. The molecular weight excluding hydrogens is 264 g/mol. The molecule has 0 bridgehead atoms.